The molecule has 2 aromatic carbocycles. The van der Waals surface area contributed by atoms with E-state index in [1.165, 1.54) is 18.2 Å². The molecule has 0 spiro atoms. The largest absolute Gasteiger partial charge is 0.489 e. The van der Waals surface area contributed by atoms with Crippen molar-refractivity contribution in [3.63, 3.8) is 0 Å². The van der Waals surface area contributed by atoms with Gasteiger partial charge in [0.15, 0.2) is 0 Å². The van der Waals surface area contributed by atoms with Crippen molar-refractivity contribution in [2.24, 2.45) is 5.73 Å². The topological polar surface area (TPSA) is 35.2 Å². The first-order valence-electron chi connectivity index (χ1n) is 5.94. The summed E-state index contributed by atoms with van der Waals surface area (Å²) in [6, 6.07) is 8.87. The molecule has 2 rings (SSSR count). The third kappa shape index (κ3) is 3.30. The average molecular weight is 293 g/mol. The molecule has 0 aliphatic carbocycles. The van der Waals surface area contributed by atoms with E-state index in [2.05, 4.69) is 0 Å². The highest BCUT2D eigenvalue weighted by atomic mass is 32.1. The maximum absolute atomic E-state index is 13.8. The van der Waals surface area contributed by atoms with Crippen LogP contribution in [0.3, 0.4) is 0 Å². The average Bonchev–Trinajstić information content (AvgIpc) is 2.41. The normalized spacial score (nSPS) is 10.3. The van der Waals surface area contributed by atoms with E-state index >= 15 is 0 Å². The second kappa shape index (κ2) is 5.96. The summed E-state index contributed by atoms with van der Waals surface area (Å²) in [4.78, 5) is 0.144. The Morgan fingerprint density at radius 3 is 2.50 bits per heavy atom. The molecule has 0 saturated heterocycles. The summed E-state index contributed by atoms with van der Waals surface area (Å²) in [5.74, 6) is -0.250. The smallest absolute Gasteiger partial charge is 0.130 e. The van der Waals surface area contributed by atoms with Gasteiger partial charge in [-0.15, -0.1) is 0 Å². The van der Waals surface area contributed by atoms with Crippen molar-refractivity contribution < 1.29 is 13.5 Å². The minimum Gasteiger partial charge on any atom is -0.489 e. The number of aryl methyl sites for hydroxylation is 1. The first-order chi connectivity index (χ1) is 9.47. The molecule has 20 heavy (non-hydrogen) atoms. The van der Waals surface area contributed by atoms with Gasteiger partial charge < -0.3 is 10.5 Å². The fraction of sp³-hybridized carbons (Fsp3) is 0.133. The first-order valence-corrected chi connectivity index (χ1v) is 6.35. The van der Waals surface area contributed by atoms with Crippen molar-refractivity contribution in [2.45, 2.75) is 13.5 Å². The van der Waals surface area contributed by atoms with Crippen molar-refractivity contribution in [3.8, 4) is 5.75 Å². The van der Waals surface area contributed by atoms with E-state index in [0.717, 1.165) is 0 Å². The molecule has 104 valence electrons. The van der Waals surface area contributed by atoms with Gasteiger partial charge in [-0.1, -0.05) is 24.4 Å². The highest BCUT2D eigenvalue weighted by molar-refractivity contribution is 7.80. The molecule has 0 amide bonds. The number of rotatable bonds is 4. The third-order valence-electron chi connectivity index (χ3n) is 2.86. The quantitative estimate of drug-likeness (QED) is 0.877. The maximum atomic E-state index is 13.8. The molecule has 0 saturated carbocycles. The molecular formula is C15H13F2NOS. The fourth-order valence-electron chi connectivity index (χ4n) is 1.69. The zero-order chi connectivity index (χ0) is 14.7. The van der Waals surface area contributed by atoms with Crippen LogP contribution in [0.5, 0.6) is 5.75 Å². The summed E-state index contributed by atoms with van der Waals surface area (Å²) >= 11 is 4.78. The Kier molecular flexibility index (Phi) is 4.29. The maximum Gasteiger partial charge on any atom is 0.130 e. The van der Waals surface area contributed by atoms with Crippen molar-refractivity contribution in [1.82, 2.24) is 0 Å². The Morgan fingerprint density at radius 2 is 1.90 bits per heavy atom. The van der Waals surface area contributed by atoms with Gasteiger partial charge in [0.25, 0.3) is 0 Å². The van der Waals surface area contributed by atoms with Crippen molar-refractivity contribution in [1.29, 1.82) is 0 Å². The van der Waals surface area contributed by atoms with Gasteiger partial charge in [0, 0.05) is 11.1 Å². The summed E-state index contributed by atoms with van der Waals surface area (Å²) in [7, 11) is 0. The zero-order valence-corrected chi connectivity index (χ0v) is 11.6. The van der Waals surface area contributed by atoms with Crippen LogP contribution in [0.15, 0.2) is 36.4 Å². The SMILES string of the molecule is Cc1cc(OCc2ccc(C(N)=S)cc2F)ccc1F. The third-order valence-corrected chi connectivity index (χ3v) is 3.10. The van der Waals surface area contributed by atoms with Crippen molar-refractivity contribution >= 4 is 17.2 Å². The highest BCUT2D eigenvalue weighted by Crippen LogP contribution is 2.18. The van der Waals surface area contributed by atoms with Gasteiger partial charge in [-0.3, -0.25) is 0 Å². The number of thiocarbonyl (C=S) groups is 1. The number of nitrogens with two attached hydrogens (primary N) is 1. The Balaban J connectivity index is 2.10. The Bertz CT molecular complexity index is 658. The van der Waals surface area contributed by atoms with E-state index in [1.807, 2.05) is 0 Å². The molecule has 0 bridgehead atoms. The van der Waals surface area contributed by atoms with Gasteiger partial charge in [0.1, 0.15) is 29.0 Å². The predicted octanol–water partition coefficient (Wildman–Crippen LogP) is 3.49. The molecule has 0 aromatic heterocycles. The van der Waals surface area contributed by atoms with Gasteiger partial charge in [-0.2, -0.15) is 0 Å². The second-order valence-electron chi connectivity index (χ2n) is 4.37. The van der Waals surface area contributed by atoms with E-state index in [-0.39, 0.29) is 17.4 Å². The lowest BCUT2D eigenvalue weighted by Crippen LogP contribution is -2.10. The zero-order valence-electron chi connectivity index (χ0n) is 10.8. The van der Waals surface area contributed by atoms with Crippen LogP contribution in [0.1, 0.15) is 16.7 Å². The van der Waals surface area contributed by atoms with Crippen LogP contribution in [0, 0.1) is 18.6 Å². The number of hydrogen-bond donors (Lipinski definition) is 1. The highest BCUT2D eigenvalue weighted by Gasteiger charge is 2.07. The summed E-state index contributed by atoms with van der Waals surface area (Å²) in [5, 5.41) is 0. The standard InChI is InChI=1S/C15H13F2NOS/c1-9-6-12(4-5-13(9)16)19-8-11-3-2-10(15(18)20)7-14(11)17/h2-7H,8H2,1H3,(H2,18,20). The predicted molar refractivity (Wildman–Crippen MR) is 77.8 cm³/mol. The number of hydrogen-bond acceptors (Lipinski definition) is 2. The molecular weight excluding hydrogens is 280 g/mol. The second-order valence-corrected chi connectivity index (χ2v) is 4.81. The number of halogens is 2. The lowest BCUT2D eigenvalue weighted by Gasteiger charge is -2.09. The molecule has 0 unspecified atom stereocenters. The minimum absolute atomic E-state index is 0.0501. The fourth-order valence-corrected chi connectivity index (χ4v) is 1.81. The van der Waals surface area contributed by atoms with E-state index in [1.54, 1.807) is 25.1 Å². The van der Waals surface area contributed by atoms with Gasteiger partial charge in [0.2, 0.25) is 0 Å². The molecule has 2 N–H and O–H groups in total. The Hall–Kier alpha value is -2.01. The summed E-state index contributed by atoms with van der Waals surface area (Å²) < 4.78 is 32.3. The van der Waals surface area contributed by atoms with E-state index in [0.29, 0.717) is 22.4 Å². The van der Waals surface area contributed by atoms with Gasteiger partial charge in [-0.25, -0.2) is 8.78 Å². The minimum atomic E-state index is -0.436. The molecule has 0 radical (unpaired) electrons. The number of ether oxygens (including phenoxy) is 1. The number of benzene rings is 2. The van der Waals surface area contributed by atoms with E-state index in [4.69, 9.17) is 22.7 Å². The lowest BCUT2D eigenvalue weighted by atomic mass is 10.1. The van der Waals surface area contributed by atoms with Gasteiger partial charge >= 0.3 is 0 Å². The van der Waals surface area contributed by atoms with Crippen LogP contribution in [-0.4, -0.2) is 4.99 Å². The Labute approximate surface area is 121 Å². The van der Waals surface area contributed by atoms with Crippen molar-refractivity contribution in [2.75, 3.05) is 0 Å². The van der Waals surface area contributed by atoms with Crippen LogP contribution < -0.4 is 10.5 Å². The molecule has 0 atom stereocenters. The van der Waals surface area contributed by atoms with Crippen LogP contribution in [0.4, 0.5) is 8.78 Å². The molecule has 2 nitrogen and oxygen atoms in total. The van der Waals surface area contributed by atoms with Crippen molar-refractivity contribution in [3.05, 3.63) is 64.7 Å². The lowest BCUT2D eigenvalue weighted by molar-refractivity contribution is 0.299. The first kappa shape index (κ1) is 14.4. The van der Waals surface area contributed by atoms with Crippen LogP contribution in [0.25, 0.3) is 0 Å². The summed E-state index contributed by atoms with van der Waals surface area (Å²) in [6.45, 7) is 1.69. The van der Waals surface area contributed by atoms with Crippen LogP contribution in [-0.2, 0) is 6.61 Å². The van der Waals surface area contributed by atoms with Crippen LogP contribution in [0.2, 0.25) is 0 Å². The van der Waals surface area contributed by atoms with E-state index < -0.39 is 5.82 Å². The molecule has 0 aliphatic heterocycles. The summed E-state index contributed by atoms with van der Waals surface area (Å²) in [5.41, 5.74) is 6.76. The van der Waals surface area contributed by atoms with Gasteiger partial charge in [0.05, 0.1) is 0 Å². The Morgan fingerprint density at radius 1 is 1.15 bits per heavy atom. The monoisotopic (exact) mass is 293 g/mol. The molecule has 0 fully saturated rings. The molecule has 2 aromatic rings. The van der Waals surface area contributed by atoms with Crippen LogP contribution >= 0.6 is 12.2 Å². The molecule has 5 heteroatoms. The van der Waals surface area contributed by atoms with Gasteiger partial charge in [-0.05, 0) is 36.8 Å². The molecule has 0 heterocycles. The molecule has 0 aliphatic rings. The van der Waals surface area contributed by atoms with E-state index in [9.17, 15) is 8.78 Å². The summed E-state index contributed by atoms with van der Waals surface area (Å²) in [6.07, 6.45) is 0.